The van der Waals surface area contributed by atoms with Gasteiger partial charge in [-0.1, -0.05) is 109 Å². The van der Waals surface area contributed by atoms with Gasteiger partial charge < -0.3 is 34.6 Å². The Balaban J connectivity index is 0.928. The maximum Gasteiger partial charge on any atom is 0.407 e. The summed E-state index contributed by atoms with van der Waals surface area (Å²) in [5.41, 5.74) is 7.01. The standard InChI is InChI=1S/C46H45N7O6/c1-29(54)59-41(35-13-7-4-8-14-35)45(56)53-26-10-16-39(53)43-48-28-37(50-43)33-23-19-31(20-24-33)30-17-21-32(22-18-30)36-27-47-42(49-36)38-15-9-25-52(38)44(55)40(51-46(57)58-2)34-11-5-3-6-12-34/h3-8,11-14,17-24,27-28,38-41H,9-10,15-16,25-26H2,1-2H3,(H,47,49)(H,48,50)(H,51,57)/t38-,39-,40+,41?/m0/s1. The van der Waals surface area contributed by atoms with Crippen molar-refractivity contribution >= 4 is 23.9 Å². The first kappa shape index (κ1) is 38.8. The number of nitrogens with zero attached hydrogens (tertiary/aromatic N) is 4. The molecule has 2 fully saturated rings. The van der Waals surface area contributed by atoms with E-state index in [1.807, 2.05) is 72.8 Å². The molecule has 8 rings (SSSR count). The minimum Gasteiger partial charge on any atom is -0.453 e. The quantitative estimate of drug-likeness (QED) is 0.112. The van der Waals surface area contributed by atoms with Crippen LogP contribution in [-0.2, 0) is 23.9 Å². The number of amides is 3. The molecule has 4 heterocycles. The lowest BCUT2D eigenvalue weighted by Crippen LogP contribution is -2.42. The summed E-state index contributed by atoms with van der Waals surface area (Å²) in [5.74, 6) is 0.408. The summed E-state index contributed by atoms with van der Waals surface area (Å²) >= 11 is 0. The number of benzene rings is 4. The number of rotatable bonds is 11. The summed E-state index contributed by atoms with van der Waals surface area (Å²) in [5, 5.41) is 2.71. The van der Waals surface area contributed by atoms with Crippen molar-refractivity contribution in [3.8, 4) is 33.6 Å². The molecule has 1 unspecified atom stereocenters. The topological polar surface area (TPSA) is 163 Å². The van der Waals surface area contributed by atoms with Gasteiger partial charge in [0, 0.05) is 25.6 Å². The predicted molar refractivity (Wildman–Crippen MR) is 220 cm³/mol. The van der Waals surface area contributed by atoms with E-state index in [0.717, 1.165) is 59.3 Å². The number of hydrogen-bond acceptors (Lipinski definition) is 8. The van der Waals surface area contributed by atoms with Crippen molar-refractivity contribution in [3.63, 3.8) is 0 Å². The predicted octanol–water partition coefficient (Wildman–Crippen LogP) is 7.86. The molecule has 2 saturated heterocycles. The highest BCUT2D eigenvalue weighted by atomic mass is 16.5. The Hall–Kier alpha value is -7.02. The molecule has 6 aromatic rings. The number of H-pyrrole nitrogens is 2. The molecule has 3 amide bonds. The Morgan fingerprint density at radius 1 is 0.644 bits per heavy atom. The third kappa shape index (κ3) is 8.36. The Morgan fingerprint density at radius 3 is 1.58 bits per heavy atom. The molecule has 0 saturated carbocycles. The van der Waals surface area contributed by atoms with Crippen LogP contribution in [0, 0.1) is 0 Å². The molecule has 2 aliphatic rings. The number of aromatic amines is 2. The lowest BCUT2D eigenvalue weighted by atomic mass is 10.0. The number of esters is 1. The number of carbonyl (C=O) groups is 4. The van der Waals surface area contributed by atoms with Crippen LogP contribution in [0.25, 0.3) is 33.6 Å². The largest absolute Gasteiger partial charge is 0.453 e. The highest BCUT2D eigenvalue weighted by Gasteiger charge is 2.39. The number of methoxy groups -OCH3 is 1. The molecule has 3 N–H and O–H groups in total. The summed E-state index contributed by atoms with van der Waals surface area (Å²) in [6, 6.07) is 33.3. The van der Waals surface area contributed by atoms with E-state index in [1.165, 1.54) is 14.0 Å². The first-order valence-corrected chi connectivity index (χ1v) is 19.8. The monoisotopic (exact) mass is 791 g/mol. The van der Waals surface area contributed by atoms with Crippen molar-refractivity contribution in [1.82, 2.24) is 35.1 Å². The highest BCUT2D eigenvalue weighted by molar-refractivity contribution is 5.88. The van der Waals surface area contributed by atoms with Gasteiger partial charge in [0.05, 0.1) is 43.0 Å². The zero-order valence-electron chi connectivity index (χ0n) is 32.8. The molecule has 59 heavy (non-hydrogen) atoms. The third-order valence-electron chi connectivity index (χ3n) is 11.1. The zero-order valence-corrected chi connectivity index (χ0v) is 32.8. The van der Waals surface area contributed by atoms with Crippen molar-refractivity contribution in [2.24, 2.45) is 0 Å². The molecular formula is C46H45N7O6. The van der Waals surface area contributed by atoms with Crippen LogP contribution < -0.4 is 5.32 Å². The number of imidazole rings is 2. The molecule has 4 atom stereocenters. The molecule has 2 aromatic heterocycles. The molecule has 0 aliphatic carbocycles. The van der Waals surface area contributed by atoms with Gasteiger partial charge in [0.1, 0.15) is 17.7 Å². The fraction of sp³-hybridized carbons (Fsp3) is 0.261. The average Bonchev–Trinajstić information content (AvgIpc) is 4.12. The maximum atomic E-state index is 13.9. The molecule has 13 nitrogen and oxygen atoms in total. The third-order valence-corrected chi connectivity index (χ3v) is 11.1. The number of hydrogen-bond donors (Lipinski definition) is 3. The number of nitrogens with one attached hydrogen (secondary N) is 3. The van der Waals surface area contributed by atoms with Gasteiger partial charge in [0.2, 0.25) is 6.10 Å². The molecular weight excluding hydrogens is 747 g/mol. The smallest absolute Gasteiger partial charge is 0.407 e. The van der Waals surface area contributed by atoms with E-state index in [0.29, 0.717) is 35.9 Å². The van der Waals surface area contributed by atoms with E-state index in [-0.39, 0.29) is 23.9 Å². The second kappa shape index (κ2) is 17.2. The molecule has 0 spiro atoms. The van der Waals surface area contributed by atoms with Crippen molar-refractivity contribution < 1.29 is 28.7 Å². The maximum absolute atomic E-state index is 13.9. The minimum absolute atomic E-state index is 0.215. The van der Waals surface area contributed by atoms with Gasteiger partial charge in [-0.05, 0) is 53.5 Å². The van der Waals surface area contributed by atoms with Crippen LogP contribution in [0.4, 0.5) is 4.79 Å². The average molecular weight is 792 g/mol. The Morgan fingerprint density at radius 2 is 1.10 bits per heavy atom. The fourth-order valence-corrected chi connectivity index (χ4v) is 8.10. The van der Waals surface area contributed by atoms with Crippen LogP contribution in [0.2, 0.25) is 0 Å². The first-order valence-electron chi connectivity index (χ1n) is 19.8. The van der Waals surface area contributed by atoms with Gasteiger partial charge in [-0.15, -0.1) is 0 Å². The number of likely N-dealkylation sites (tertiary alicyclic amines) is 2. The van der Waals surface area contributed by atoms with Gasteiger partial charge in [-0.3, -0.25) is 14.4 Å². The second-order valence-electron chi connectivity index (χ2n) is 14.8. The van der Waals surface area contributed by atoms with Crippen molar-refractivity contribution in [3.05, 3.63) is 144 Å². The Labute approximate surface area is 341 Å². The lowest BCUT2D eigenvalue weighted by Gasteiger charge is -2.28. The molecule has 2 aliphatic heterocycles. The molecule has 0 bridgehead atoms. The normalized spacial score (nSPS) is 17.3. The molecule has 4 aromatic carbocycles. The molecule has 0 radical (unpaired) electrons. The Bertz CT molecular complexity index is 2410. The van der Waals surface area contributed by atoms with Gasteiger partial charge >= 0.3 is 12.1 Å². The van der Waals surface area contributed by atoms with Crippen LogP contribution in [0.15, 0.2) is 122 Å². The van der Waals surface area contributed by atoms with Gasteiger partial charge in [0.25, 0.3) is 11.8 Å². The number of carbonyl (C=O) groups excluding carboxylic acids is 4. The van der Waals surface area contributed by atoms with Crippen LogP contribution in [0.5, 0.6) is 0 Å². The fourth-order valence-electron chi connectivity index (χ4n) is 8.10. The SMILES string of the molecule is COC(=O)N[C@@H](C(=O)N1CCC[C@H]1c1ncc(-c2ccc(-c3ccc(-c4cnc([C@@H]5CCCN5C(=O)C(OC(C)=O)c5ccccc5)[nH]4)cc3)cc2)[nH]1)c1ccccc1. The van der Waals surface area contributed by atoms with Gasteiger partial charge in [0.15, 0.2) is 0 Å². The molecule has 300 valence electrons. The van der Waals surface area contributed by atoms with Crippen molar-refractivity contribution in [2.45, 2.75) is 56.8 Å². The van der Waals surface area contributed by atoms with Gasteiger partial charge in [-0.2, -0.15) is 0 Å². The van der Waals surface area contributed by atoms with Crippen molar-refractivity contribution in [1.29, 1.82) is 0 Å². The number of alkyl carbamates (subject to hydrolysis) is 1. The number of ether oxygens (including phenoxy) is 2. The first-order chi connectivity index (χ1) is 28.8. The van der Waals surface area contributed by atoms with Crippen LogP contribution in [-0.4, -0.2) is 73.8 Å². The summed E-state index contributed by atoms with van der Waals surface area (Å²) in [7, 11) is 1.28. The van der Waals surface area contributed by atoms with E-state index >= 15 is 0 Å². The Kier molecular flexibility index (Phi) is 11.3. The van der Waals surface area contributed by atoms with Gasteiger partial charge in [-0.25, -0.2) is 14.8 Å². The summed E-state index contributed by atoms with van der Waals surface area (Å²) in [6.45, 7) is 2.41. The van der Waals surface area contributed by atoms with E-state index in [9.17, 15) is 19.2 Å². The summed E-state index contributed by atoms with van der Waals surface area (Å²) in [6.07, 6.45) is 5.03. The minimum atomic E-state index is -1.01. The highest BCUT2D eigenvalue weighted by Crippen LogP contribution is 2.37. The zero-order chi connectivity index (χ0) is 40.9. The summed E-state index contributed by atoms with van der Waals surface area (Å²) in [4.78, 5) is 71.7. The van der Waals surface area contributed by atoms with E-state index in [4.69, 9.17) is 14.5 Å². The van der Waals surface area contributed by atoms with Crippen LogP contribution in [0.1, 0.15) is 79.6 Å². The second-order valence-corrected chi connectivity index (χ2v) is 14.8. The van der Waals surface area contributed by atoms with Crippen LogP contribution in [0.3, 0.4) is 0 Å². The van der Waals surface area contributed by atoms with E-state index in [2.05, 4.69) is 44.5 Å². The number of aromatic nitrogens is 4. The molecule has 13 heteroatoms. The van der Waals surface area contributed by atoms with Crippen molar-refractivity contribution in [2.75, 3.05) is 20.2 Å². The lowest BCUT2D eigenvalue weighted by molar-refractivity contribution is -0.159. The van der Waals surface area contributed by atoms with Crippen LogP contribution >= 0.6 is 0 Å². The van der Waals surface area contributed by atoms with E-state index < -0.39 is 24.2 Å². The van der Waals surface area contributed by atoms with E-state index in [1.54, 1.807) is 34.3 Å². The summed E-state index contributed by atoms with van der Waals surface area (Å²) < 4.78 is 10.3.